The number of rotatable bonds is 3. The van der Waals surface area contributed by atoms with E-state index in [4.69, 9.17) is 28.3 Å². The molecule has 21 heavy (non-hydrogen) atoms. The van der Waals surface area contributed by atoms with E-state index >= 15 is 0 Å². The van der Waals surface area contributed by atoms with E-state index in [0.717, 1.165) is 0 Å². The molecule has 0 unspecified atom stereocenters. The van der Waals surface area contributed by atoms with Crippen molar-refractivity contribution in [3.05, 3.63) is 58.1 Å². The largest absolute Gasteiger partial charge is 0.478 e. The van der Waals surface area contributed by atoms with E-state index < -0.39 is 12.0 Å². The average Bonchev–Trinajstić information content (AvgIpc) is 2.38. The number of carboxylic acids is 1. The molecule has 2 aromatic rings. The van der Waals surface area contributed by atoms with Crippen LogP contribution in [0.3, 0.4) is 0 Å². The summed E-state index contributed by atoms with van der Waals surface area (Å²) in [7, 11) is 0. The topological polar surface area (TPSA) is 78.4 Å². The normalized spacial score (nSPS) is 10.0. The Morgan fingerprint density at radius 2 is 1.62 bits per heavy atom. The minimum Gasteiger partial charge on any atom is -0.478 e. The second-order valence-corrected chi connectivity index (χ2v) is 4.93. The lowest BCUT2D eigenvalue weighted by Gasteiger charge is -2.09. The number of halogens is 2. The van der Waals surface area contributed by atoms with Gasteiger partial charge in [0.25, 0.3) is 0 Å². The van der Waals surface area contributed by atoms with Crippen LogP contribution in [0.25, 0.3) is 0 Å². The van der Waals surface area contributed by atoms with Crippen LogP contribution in [0.4, 0.5) is 16.2 Å². The summed E-state index contributed by atoms with van der Waals surface area (Å²) in [4.78, 5) is 22.6. The number of nitrogens with one attached hydrogen (secondary N) is 2. The van der Waals surface area contributed by atoms with Crippen LogP contribution in [0.1, 0.15) is 10.4 Å². The van der Waals surface area contributed by atoms with Gasteiger partial charge >= 0.3 is 12.0 Å². The van der Waals surface area contributed by atoms with Gasteiger partial charge in [-0.05, 0) is 36.4 Å². The molecule has 0 spiro atoms. The minimum atomic E-state index is -1.13. The molecule has 0 aromatic heterocycles. The van der Waals surface area contributed by atoms with Crippen molar-refractivity contribution >= 4 is 46.6 Å². The number of aromatic carboxylic acids is 1. The maximum atomic E-state index is 11.8. The molecule has 0 radical (unpaired) electrons. The molecular weight excluding hydrogens is 315 g/mol. The number of amides is 2. The number of carbonyl (C=O) groups is 2. The Balaban J connectivity index is 2.06. The Morgan fingerprint density at radius 1 is 0.952 bits per heavy atom. The maximum absolute atomic E-state index is 11.8. The van der Waals surface area contributed by atoms with Crippen molar-refractivity contribution < 1.29 is 14.7 Å². The predicted molar refractivity (Wildman–Crippen MR) is 82.5 cm³/mol. The highest BCUT2D eigenvalue weighted by Crippen LogP contribution is 2.21. The van der Waals surface area contributed by atoms with Gasteiger partial charge in [0.2, 0.25) is 0 Å². The van der Waals surface area contributed by atoms with E-state index in [1.165, 1.54) is 18.2 Å². The molecule has 0 aliphatic heterocycles. The summed E-state index contributed by atoms with van der Waals surface area (Å²) in [6.45, 7) is 0. The van der Waals surface area contributed by atoms with Gasteiger partial charge in [-0.3, -0.25) is 0 Å². The van der Waals surface area contributed by atoms with E-state index in [1.54, 1.807) is 24.3 Å². The van der Waals surface area contributed by atoms with Crippen LogP contribution in [-0.4, -0.2) is 17.1 Å². The average molecular weight is 325 g/mol. The first-order valence-electron chi connectivity index (χ1n) is 5.82. The van der Waals surface area contributed by atoms with Crippen molar-refractivity contribution in [1.29, 1.82) is 0 Å². The van der Waals surface area contributed by atoms with Gasteiger partial charge in [0.1, 0.15) is 0 Å². The Bertz CT molecular complexity index is 704. The second kappa shape index (κ2) is 6.47. The van der Waals surface area contributed by atoms with Crippen LogP contribution in [-0.2, 0) is 0 Å². The number of hydrogen-bond acceptors (Lipinski definition) is 2. The number of hydrogen-bond donors (Lipinski definition) is 3. The van der Waals surface area contributed by atoms with E-state index in [1.807, 2.05) is 0 Å². The first-order chi connectivity index (χ1) is 9.95. The number of carbonyl (C=O) groups excluding carboxylic acids is 1. The lowest BCUT2D eigenvalue weighted by molar-refractivity contribution is 0.0697. The zero-order valence-corrected chi connectivity index (χ0v) is 12.1. The van der Waals surface area contributed by atoms with E-state index in [-0.39, 0.29) is 10.6 Å². The molecule has 108 valence electrons. The number of urea groups is 1. The molecule has 0 aliphatic rings. The van der Waals surface area contributed by atoms with Gasteiger partial charge in [-0.2, -0.15) is 0 Å². The van der Waals surface area contributed by atoms with Crippen molar-refractivity contribution in [2.24, 2.45) is 0 Å². The summed E-state index contributed by atoms with van der Waals surface area (Å²) < 4.78 is 0. The quantitative estimate of drug-likeness (QED) is 0.785. The zero-order valence-electron chi connectivity index (χ0n) is 10.6. The second-order valence-electron chi connectivity index (χ2n) is 4.09. The molecule has 0 bridgehead atoms. The van der Waals surface area contributed by atoms with Gasteiger partial charge in [0.15, 0.2) is 0 Å². The van der Waals surface area contributed by atoms with Crippen molar-refractivity contribution in [1.82, 2.24) is 0 Å². The fourth-order valence-corrected chi connectivity index (χ4v) is 2.08. The molecular formula is C14H10Cl2N2O3. The van der Waals surface area contributed by atoms with Crippen molar-refractivity contribution in [2.75, 3.05) is 10.6 Å². The minimum absolute atomic E-state index is 0.0301. The molecule has 0 aliphatic carbocycles. The third-order valence-electron chi connectivity index (χ3n) is 2.54. The zero-order chi connectivity index (χ0) is 15.4. The SMILES string of the molecule is O=C(Nc1cccc(Cl)c1)Nc1ccc(C(=O)O)c(Cl)c1. The van der Waals surface area contributed by atoms with Crippen LogP contribution in [0.5, 0.6) is 0 Å². The van der Waals surface area contributed by atoms with Gasteiger partial charge in [-0.25, -0.2) is 9.59 Å². The van der Waals surface area contributed by atoms with Crippen molar-refractivity contribution in [3.8, 4) is 0 Å². The predicted octanol–water partition coefficient (Wildman–Crippen LogP) is 4.34. The summed E-state index contributed by atoms with van der Waals surface area (Å²) in [5.74, 6) is -1.13. The Morgan fingerprint density at radius 3 is 2.19 bits per heavy atom. The first kappa shape index (κ1) is 15.2. The van der Waals surface area contributed by atoms with Crippen LogP contribution in [0.2, 0.25) is 10.0 Å². The summed E-state index contributed by atoms with van der Waals surface area (Å²) >= 11 is 11.6. The number of carboxylic acid groups (broad SMARTS) is 1. The van der Waals surface area contributed by atoms with Crippen molar-refractivity contribution in [3.63, 3.8) is 0 Å². The monoisotopic (exact) mass is 324 g/mol. The molecule has 0 saturated carbocycles. The summed E-state index contributed by atoms with van der Waals surface area (Å²) in [6, 6.07) is 10.3. The Kier molecular flexibility index (Phi) is 4.67. The molecule has 7 heteroatoms. The van der Waals surface area contributed by atoms with Gasteiger partial charge in [0.05, 0.1) is 10.6 Å². The summed E-state index contributed by atoms with van der Waals surface area (Å²) in [6.07, 6.45) is 0. The highest BCUT2D eigenvalue weighted by atomic mass is 35.5. The molecule has 2 aromatic carbocycles. The number of anilines is 2. The molecule has 0 atom stereocenters. The van der Waals surface area contributed by atoms with Crippen LogP contribution < -0.4 is 10.6 Å². The van der Waals surface area contributed by atoms with Crippen molar-refractivity contribution in [2.45, 2.75) is 0 Å². The lowest BCUT2D eigenvalue weighted by atomic mass is 10.2. The maximum Gasteiger partial charge on any atom is 0.337 e. The van der Waals surface area contributed by atoms with E-state index in [2.05, 4.69) is 10.6 Å². The molecule has 0 heterocycles. The van der Waals surface area contributed by atoms with Gasteiger partial charge in [-0.15, -0.1) is 0 Å². The fraction of sp³-hybridized carbons (Fsp3) is 0. The Labute approximate surface area is 130 Å². The molecule has 2 amide bonds. The first-order valence-corrected chi connectivity index (χ1v) is 6.58. The number of benzene rings is 2. The van der Waals surface area contributed by atoms with E-state index in [9.17, 15) is 9.59 Å². The standard InChI is InChI=1S/C14H10Cl2N2O3/c15-8-2-1-3-9(6-8)17-14(21)18-10-4-5-11(13(19)20)12(16)7-10/h1-7H,(H,19,20)(H2,17,18,21). The highest BCUT2D eigenvalue weighted by molar-refractivity contribution is 6.34. The van der Waals surface area contributed by atoms with Gasteiger partial charge in [-0.1, -0.05) is 29.3 Å². The molecule has 0 fully saturated rings. The van der Waals surface area contributed by atoms with Gasteiger partial charge in [0, 0.05) is 16.4 Å². The fourth-order valence-electron chi connectivity index (χ4n) is 1.63. The molecule has 3 N–H and O–H groups in total. The third-order valence-corrected chi connectivity index (χ3v) is 3.09. The smallest absolute Gasteiger partial charge is 0.337 e. The Hall–Kier alpha value is -2.24. The van der Waals surface area contributed by atoms with Crippen LogP contribution in [0.15, 0.2) is 42.5 Å². The van der Waals surface area contributed by atoms with Crippen LogP contribution in [0, 0.1) is 0 Å². The van der Waals surface area contributed by atoms with Crippen LogP contribution >= 0.6 is 23.2 Å². The van der Waals surface area contributed by atoms with E-state index in [0.29, 0.717) is 16.4 Å². The molecule has 0 saturated heterocycles. The lowest BCUT2D eigenvalue weighted by Crippen LogP contribution is -2.19. The summed E-state index contributed by atoms with van der Waals surface area (Å²) in [5.41, 5.74) is 0.884. The summed E-state index contributed by atoms with van der Waals surface area (Å²) in [5, 5.41) is 14.5. The third kappa shape index (κ3) is 4.11. The highest BCUT2D eigenvalue weighted by Gasteiger charge is 2.10. The van der Waals surface area contributed by atoms with Gasteiger partial charge < -0.3 is 15.7 Å². The molecule has 2 rings (SSSR count). The molecule has 5 nitrogen and oxygen atoms in total.